The minimum absolute atomic E-state index is 0.0210. The van der Waals surface area contributed by atoms with E-state index in [0.29, 0.717) is 12.5 Å². The molecule has 6 rings (SSSR count). The lowest BCUT2D eigenvalue weighted by Gasteiger charge is -2.39. The van der Waals surface area contributed by atoms with Gasteiger partial charge in [0.05, 0.1) is 12.3 Å². The molecule has 2 amide bonds. The van der Waals surface area contributed by atoms with E-state index in [1.807, 2.05) is 0 Å². The summed E-state index contributed by atoms with van der Waals surface area (Å²) >= 11 is 0. The number of rotatable bonds is 4. The van der Waals surface area contributed by atoms with Gasteiger partial charge in [0.15, 0.2) is 0 Å². The Morgan fingerprint density at radius 3 is 2.12 bits per heavy atom. The second-order valence-corrected chi connectivity index (χ2v) is 10.9. The standard InChI is InChI=1S/C28H33N3O/c1-26-15-13-21(14-16-26)27(26,2)29-25(32)31-19-23(20-9-5-3-6-10-20)24(30-31)28(17-18-28)22-11-7-4-8-12-22/h3-12,21,23H,13-19H2,1-2H3,(H,29,32)/t21-,23?,26+,27-/m0/s1. The summed E-state index contributed by atoms with van der Waals surface area (Å²) in [6.07, 6.45) is 7.09. The van der Waals surface area contributed by atoms with E-state index in [1.165, 1.54) is 36.8 Å². The van der Waals surface area contributed by atoms with Crippen molar-refractivity contribution in [3.8, 4) is 0 Å². The summed E-state index contributed by atoms with van der Waals surface area (Å²) in [4.78, 5) is 13.6. The molecule has 2 aromatic carbocycles. The van der Waals surface area contributed by atoms with Crippen molar-refractivity contribution in [1.29, 1.82) is 0 Å². The van der Waals surface area contributed by atoms with Crippen molar-refractivity contribution in [2.75, 3.05) is 6.54 Å². The molecule has 4 nitrogen and oxygen atoms in total. The van der Waals surface area contributed by atoms with Gasteiger partial charge in [0.25, 0.3) is 0 Å². The van der Waals surface area contributed by atoms with Crippen molar-refractivity contribution < 1.29 is 4.79 Å². The molecule has 0 saturated heterocycles. The van der Waals surface area contributed by atoms with Crippen LogP contribution in [0.5, 0.6) is 0 Å². The maximum atomic E-state index is 13.6. The molecule has 1 unspecified atom stereocenters. The highest BCUT2D eigenvalue weighted by atomic mass is 16.2. The molecule has 2 aromatic rings. The van der Waals surface area contributed by atoms with Crippen LogP contribution in [0.2, 0.25) is 0 Å². The number of hydrogen-bond acceptors (Lipinski definition) is 2. The van der Waals surface area contributed by atoms with Gasteiger partial charge in [-0.3, -0.25) is 0 Å². The normalized spacial score (nSPS) is 34.4. The summed E-state index contributed by atoms with van der Waals surface area (Å²) in [5.41, 5.74) is 3.80. The van der Waals surface area contributed by atoms with Crippen molar-refractivity contribution in [2.45, 2.75) is 69.2 Å². The lowest BCUT2D eigenvalue weighted by atomic mass is 9.76. The lowest BCUT2D eigenvalue weighted by Crippen LogP contribution is -2.56. The van der Waals surface area contributed by atoms with Crippen molar-refractivity contribution >= 4 is 11.7 Å². The third kappa shape index (κ3) is 2.81. The number of amides is 2. The highest BCUT2D eigenvalue weighted by molar-refractivity contribution is 6.04. The highest BCUT2D eigenvalue weighted by Crippen LogP contribution is 2.60. The van der Waals surface area contributed by atoms with Crippen LogP contribution in [0.3, 0.4) is 0 Å². The zero-order valence-corrected chi connectivity index (χ0v) is 19.2. The van der Waals surface area contributed by atoms with Crippen LogP contribution in [-0.2, 0) is 5.41 Å². The lowest BCUT2D eigenvalue weighted by molar-refractivity contribution is 0.148. The van der Waals surface area contributed by atoms with E-state index in [9.17, 15) is 4.79 Å². The monoisotopic (exact) mass is 427 g/mol. The van der Waals surface area contributed by atoms with Gasteiger partial charge in [-0.25, -0.2) is 9.80 Å². The van der Waals surface area contributed by atoms with E-state index >= 15 is 0 Å². The minimum atomic E-state index is -0.124. The Labute approximate surface area is 191 Å². The van der Waals surface area contributed by atoms with Crippen molar-refractivity contribution in [3.05, 3.63) is 71.8 Å². The van der Waals surface area contributed by atoms with Crippen LogP contribution >= 0.6 is 0 Å². The zero-order valence-electron chi connectivity index (χ0n) is 19.2. The molecule has 0 aromatic heterocycles. The topological polar surface area (TPSA) is 44.7 Å². The Morgan fingerprint density at radius 2 is 1.56 bits per heavy atom. The molecule has 4 aliphatic rings. The zero-order chi connectivity index (χ0) is 22.0. The summed E-state index contributed by atoms with van der Waals surface area (Å²) in [5, 5.41) is 10.3. The van der Waals surface area contributed by atoms with Gasteiger partial charge in [0.2, 0.25) is 0 Å². The summed E-state index contributed by atoms with van der Waals surface area (Å²) in [6.45, 7) is 5.26. The van der Waals surface area contributed by atoms with Gasteiger partial charge in [0, 0.05) is 16.9 Å². The molecule has 166 valence electrons. The Hall–Kier alpha value is -2.62. The third-order valence-corrected chi connectivity index (χ3v) is 9.44. The average molecular weight is 428 g/mol. The van der Waals surface area contributed by atoms with Gasteiger partial charge in [-0.2, -0.15) is 5.10 Å². The van der Waals surface area contributed by atoms with Crippen molar-refractivity contribution in [2.24, 2.45) is 16.4 Å². The molecule has 0 spiro atoms. The Kier molecular flexibility index (Phi) is 4.34. The van der Waals surface area contributed by atoms with Gasteiger partial charge in [-0.1, -0.05) is 67.6 Å². The van der Waals surface area contributed by atoms with E-state index < -0.39 is 0 Å². The highest BCUT2D eigenvalue weighted by Gasteiger charge is 2.60. The van der Waals surface area contributed by atoms with Crippen molar-refractivity contribution in [1.82, 2.24) is 10.3 Å². The number of fused-ring (bicyclic) bond motifs is 2. The Bertz CT molecular complexity index is 1050. The first-order valence-corrected chi connectivity index (χ1v) is 12.2. The number of nitrogens with zero attached hydrogens (tertiary/aromatic N) is 2. The Morgan fingerprint density at radius 1 is 0.938 bits per heavy atom. The number of carbonyl (C=O) groups is 1. The van der Waals surface area contributed by atoms with Crippen LogP contribution in [0, 0.1) is 11.3 Å². The number of urea groups is 1. The maximum absolute atomic E-state index is 13.6. The van der Waals surface area contributed by atoms with E-state index in [4.69, 9.17) is 5.10 Å². The maximum Gasteiger partial charge on any atom is 0.338 e. The van der Waals surface area contributed by atoms with Gasteiger partial charge < -0.3 is 5.32 Å². The second kappa shape index (κ2) is 6.94. The molecule has 0 radical (unpaired) electrons. The molecule has 2 atom stereocenters. The molecule has 4 heteroatoms. The van der Waals surface area contributed by atoms with Crippen LogP contribution in [0.15, 0.2) is 65.8 Å². The molecule has 1 heterocycles. The van der Waals surface area contributed by atoms with Crippen LogP contribution in [-0.4, -0.2) is 28.8 Å². The van der Waals surface area contributed by atoms with E-state index in [1.54, 1.807) is 5.01 Å². The smallest absolute Gasteiger partial charge is 0.331 e. The number of carbonyl (C=O) groups excluding carboxylic acids is 1. The quantitative estimate of drug-likeness (QED) is 0.653. The fourth-order valence-corrected chi connectivity index (χ4v) is 6.97. The molecular weight excluding hydrogens is 394 g/mol. The summed E-state index contributed by atoms with van der Waals surface area (Å²) in [6, 6.07) is 21.3. The van der Waals surface area contributed by atoms with E-state index in [-0.39, 0.29) is 28.3 Å². The molecular formula is C28H33N3O. The molecule has 1 aliphatic heterocycles. The first kappa shape index (κ1) is 20.0. The largest absolute Gasteiger partial charge is 0.338 e. The van der Waals surface area contributed by atoms with Gasteiger partial charge in [-0.15, -0.1) is 0 Å². The first-order valence-electron chi connectivity index (χ1n) is 12.2. The summed E-state index contributed by atoms with van der Waals surface area (Å²) < 4.78 is 0. The number of hydrazone groups is 1. The number of nitrogens with one attached hydrogen (secondary N) is 1. The van der Waals surface area contributed by atoms with E-state index in [2.05, 4.69) is 79.8 Å². The SMILES string of the molecule is C[C@]1(NC(=O)N2CC(c3ccccc3)C(C3(c4ccccc4)CC3)=N2)[C@H]2CC[C@]1(C)CC2. The van der Waals surface area contributed by atoms with Gasteiger partial charge in [0.1, 0.15) is 0 Å². The van der Waals surface area contributed by atoms with Crippen LogP contribution in [0.1, 0.15) is 69.4 Å². The van der Waals surface area contributed by atoms with Crippen LogP contribution in [0.4, 0.5) is 4.79 Å². The molecule has 3 fully saturated rings. The third-order valence-electron chi connectivity index (χ3n) is 9.44. The van der Waals surface area contributed by atoms with E-state index in [0.717, 1.165) is 18.6 Å². The van der Waals surface area contributed by atoms with Gasteiger partial charge in [-0.05, 0) is 67.9 Å². The molecule has 3 saturated carbocycles. The van der Waals surface area contributed by atoms with Crippen LogP contribution in [0.25, 0.3) is 0 Å². The predicted octanol–water partition coefficient (Wildman–Crippen LogP) is 5.85. The predicted molar refractivity (Wildman–Crippen MR) is 128 cm³/mol. The summed E-state index contributed by atoms with van der Waals surface area (Å²) in [5.74, 6) is 0.736. The number of hydrogen-bond donors (Lipinski definition) is 1. The second-order valence-electron chi connectivity index (χ2n) is 10.9. The summed E-state index contributed by atoms with van der Waals surface area (Å²) in [7, 11) is 0. The van der Waals surface area contributed by atoms with Crippen molar-refractivity contribution in [3.63, 3.8) is 0 Å². The van der Waals surface area contributed by atoms with Crippen LogP contribution < -0.4 is 5.32 Å². The van der Waals surface area contributed by atoms with Gasteiger partial charge >= 0.3 is 6.03 Å². The first-order chi connectivity index (χ1) is 15.5. The molecule has 32 heavy (non-hydrogen) atoms. The average Bonchev–Trinajstić information content (AvgIpc) is 3.36. The Balaban J connectivity index is 1.33. The molecule has 2 bridgehead atoms. The fourth-order valence-electron chi connectivity index (χ4n) is 6.97. The molecule has 1 N–H and O–H groups in total. The molecule has 3 aliphatic carbocycles. The minimum Gasteiger partial charge on any atom is -0.331 e. The number of benzene rings is 2. The fraction of sp³-hybridized carbons (Fsp3) is 0.500.